The number of aryl methyl sites for hydroxylation is 1. The molecule has 1 saturated heterocycles. The minimum Gasteiger partial charge on any atom is -0.495 e. The van der Waals surface area contributed by atoms with E-state index in [-0.39, 0.29) is 24.1 Å². The van der Waals surface area contributed by atoms with Gasteiger partial charge in [-0.15, -0.1) is 0 Å². The Morgan fingerprint density at radius 2 is 1.84 bits per heavy atom. The van der Waals surface area contributed by atoms with Gasteiger partial charge in [-0.25, -0.2) is 13.4 Å². The van der Waals surface area contributed by atoms with Crippen molar-refractivity contribution in [2.24, 2.45) is 0 Å². The molecule has 3 N–H and O–H groups in total. The number of likely N-dealkylation sites (tertiary alicyclic amines) is 1. The van der Waals surface area contributed by atoms with E-state index >= 15 is 0 Å². The normalized spacial score (nSPS) is 14.1. The third-order valence-electron chi connectivity index (χ3n) is 7.49. The molecule has 11 nitrogen and oxygen atoms in total. The fraction of sp³-hybridized carbons (Fsp3) is 0.433. The number of aromatic nitrogens is 2. The maximum absolute atomic E-state index is 13.9. The van der Waals surface area contributed by atoms with E-state index in [2.05, 4.69) is 30.8 Å². The molecule has 0 spiro atoms. The number of carbonyl (C=O) groups is 1. The van der Waals surface area contributed by atoms with Crippen LogP contribution in [0.25, 0.3) is 0 Å². The molecule has 0 saturated carbocycles. The molecular formula is C30H38F3N7O4S. The van der Waals surface area contributed by atoms with Gasteiger partial charge in [0.25, 0.3) is 5.91 Å². The van der Waals surface area contributed by atoms with Gasteiger partial charge in [0, 0.05) is 38.4 Å². The van der Waals surface area contributed by atoms with Crippen molar-refractivity contribution in [2.45, 2.75) is 38.9 Å². The van der Waals surface area contributed by atoms with Crippen molar-refractivity contribution in [1.29, 1.82) is 0 Å². The van der Waals surface area contributed by atoms with E-state index in [9.17, 15) is 26.4 Å². The van der Waals surface area contributed by atoms with Crippen molar-refractivity contribution >= 4 is 39.1 Å². The number of methoxy groups -OCH3 is 1. The first-order valence-electron chi connectivity index (χ1n) is 14.4. The van der Waals surface area contributed by atoms with Crippen LogP contribution in [0.15, 0.2) is 42.6 Å². The molecule has 0 unspecified atom stereocenters. The monoisotopic (exact) mass is 649 g/mol. The van der Waals surface area contributed by atoms with E-state index in [0.717, 1.165) is 48.6 Å². The van der Waals surface area contributed by atoms with Crippen LogP contribution in [-0.2, 0) is 22.7 Å². The van der Waals surface area contributed by atoms with Crippen LogP contribution in [0.5, 0.6) is 5.75 Å². The zero-order valence-corrected chi connectivity index (χ0v) is 26.5. The minimum absolute atomic E-state index is 0.153. The molecule has 1 fully saturated rings. The van der Waals surface area contributed by atoms with Gasteiger partial charge in [0.1, 0.15) is 17.1 Å². The molecule has 45 heavy (non-hydrogen) atoms. The molecule has 3 aromatic rings. The summed E-state index contributed by atoms with van der Waals surface area (Å²) in [7, 11) is -0.842. The van der Waals surface area contributed by atoms with Crippen LogP contribution < -0.4 is 25.0 Å². The number of benzene rings is 2. The largest absolute Gasteiger partial charge is 0.495 e. The van der Waals surface area contributed by atoms with Crippen LogP contribution in [0.3, 0.4) is 0 Å². The second-order valence-electron chi connectivity index (χ2n) is 10.9. The molecule has 1 aliphatic heterocycles. The smallest absolute Gasteiger partial charge is 0.421 e. The lowest BCUT2D eigenvalue weighted by Gasteiger charge is -2.26. The maximum Gasteiger partial charge on any atom is 0.421 e. The first-order chi connectivity index (χ1) is 21.3. The van der Waals surface area contributed by atoms with Gasteiger partial charge in [-0.1, -0.05) is 18.6 Å². The highest BCUT2D eigenvalue weighted by Crippen LogP contribution is 2.35. The zero-order chi connectivity index (χ0) is 32.8. The quantitative estimate of drug-likeness (QED) is 0.254. The molecule has 4 rings (SSSR count). The molecule has 1 aromatic heterocycles. The molecular weight excluding hydrogens is 611 g/mol. The summed E-state index contributed by atoms with van der Waals surface area (Å²) >= 11 is 0. The maximum atomic E-state index is 13.9. The van der Waals surface area contributed by atoms with E-state index in [4.69, 9.17) is 4.74 Å². The summed E-state index contributed by atoms with van der Waals surface area (Å²) < 4.78 is 72.6. The Labute approximate surface area is 261 Å². The van der Waals surface area contributed by atoms with Crippen LogP contribution in [0.2, 0.25) is 0 Å². The first kappa shape index (κ1) is 33.8. The van der Waals surface area contributed by atoms with Crippen LogP contribution >= 0.6 is 0 Å². The topological polar surface area (TPSA) is 129 Å². The predicted octanol–water partition coefficient (Wildman–Crippen LogP) is 4.78. The number of halogens is 3. The van der Waals surface area contributed by atoms with E-state index in [0.29, 0.717) is 35.2 Å². The van der Waals surface area contributed by atoms with Crippen LogP contribution in [0.4, 0.5) is 36.3 Å². The average Bonchev–Trinajstić information content (AvgIpc) is 2.99. The molecule has 1 amide bonds. The van der Waals surface area contributed by atoms with Gasteiger partial charge in [0.2, 0.25) is 16.0 Å². The number of piperidine rings is 1. The number of hydrogen-bond donors (Lipinski definition) is 3. The van der Waals surface area contributed by atoms with E-state index in [1.165, 1.54) is 26.6 Å². The van der Waals surface area contributed by atoms with Gasteiger partial charge >= 0.3 is 6.18 Å². The number of rotatable bonds is 12. The predicted molar refractivity (Wildman–Crippen MR) is 168 cm³/mol. The summed E-state index contributed by atoms with van der Waals surface area (Å²) in [6, 6.07) is 9.68. The molecule has 244 valence electrons. The summed E-state index contributed by atoms with van der Waals surface area (Å²) in [5, 5.41) is 8.49. The van der Waals surface area contributed by atoms with Crippen molar-refractivity contribution in [2.75, 3.05) is 61.5 Å². The minimum atomic E-state index is -4.76. The molecule has 2 heterocycles. The van der Waals surface area contributed by atoms with Gasteiger partial charge in [0.05, 0.1) is 24.7 Å². The third-order valence-corrected chi connectivity index (χ3v) is 8.68. The van der Waals surface area contributed by atoms with E-state index in [1.807, 2.05) is 0 Å². The van der Waals surface area contributed by atoms with Crippen molar-refractivity contribution in [3.63, 3.8) is 0 Å². The number of hydrogen-bond acceptors (Lipinski definition) is 9. The lowest BCUT2D eigenvalue weighted by molar-refractivity contribution is -0.137. The molecule has 0 aliphatic carbocycles. The molecule has 2 aromatic carbocycles. The Balaban J connectivity index is 1.51. The molecule has 0 radical (unpaired) electrons. The summed E-state index contributed by atoms with van der Waals surface area (Å²) in [4.78, 5) is 23.0. The highest BCUT2D eigenvalue weighted by molar-refractivity contribution is 7.92. The summed E-state index contributed by atoms with van der Waals surface area (Å²) in [6.45, 7) is 4.96. The Bertz CT molecular complexity index is 1610. The highest BCUT2D eigenvalue weighted by atomic mass is 32.2. The average molecular weight is 650 g/mol. The summed E-state index contributed by atoms with van der Waals surface area (Å²) in [5.74, 6) is -0.659. The Hall–Kier alpha value is -4.11. The van der Waals surface area contributed by atoms with Crippen LogP contribution in [0.1, 0.15) is 46.3 Å². The third kappa shape index (κ3) is 8.97. The standard InChI is InChI=1S/C30H38F3N7O4S/c1-20-8-9-22(25(16-20)39(2)45(4,42)43)18-35-27-23(30(31,32)33)19-36-29(38-27)37-24-11-10-21(17-26(24)44-3)28(41)34-12-15-40-13-6-5-7-14-40/h8-11,16-17,19H,5-7,12-15,18H2,1-4H3,(H,34,41)(H2,35,36,37,38). The highest BCUT2D eigenvalue weighted by Gasteiger charge is 2.35. The van der Waals surface area contributed by atoms with E-state index in [1.54, 1.807) is 37.3 Å². The SMILES string of the molecule is COc1cc(C(=O)NCCN2CCCCC2)ccc1Nc1ncc(C(F)(F)F)c(NCc2ccc(C)cc2N(C)S(C)(=O)=O)n1. The van der Waals surface area contributed by atoms with Gasteiger partial charge in [0.15, 0.2) is 0 Å². The molecule has 15 heteroatoms. The van der Waals surface area contributed by atoms with Crippen molar-refractivity contribution in [1.82, 2.24) is 20.2 Å². The molecule has 0 bridgehead atoms. The number of sulfonamides is 1. The second kappa shape index (κ2) is 14.3. The van der Waals surface area contributed by atoms with Crippen LogP contribution in [0, 0.1) is 6.92 Å². The number of alkyl halides is 3. The first-order valence-corrected chi connectivity index (χ1v) is 16.3. The lowest BCUT2D eigenvalue weighted by atomic mass is 10.1. The zero-order valence-electron chi connectivity index (χ0n) is 25.7. The fourth-order valence-electron chi connectivity index (χ4n) is 4.93. The molecule has 1 aliphatic rings. The van der Waals surface area contributed by atoms with Gasteiger partial charge in [-0.05, 0) is 68.2 Å². The number of nitrogens with one attached hydrogen (secondary N) is 3. The summed E-state index contributed by atoms with van der Waals surface area (Å²) in [5.41, 5.74) is 1.15. The molecule has 0 atom stereocenters. The van der Waals surface area contributed by atoms with E-state index < -0.39 is 27.6 Å². The number of nitrogens with zero attached hydrogens (tertiary/aromatic N) is 4. The lowest BCUT2D eigenvalue weighted by Crippen LogP contribution is -2.37. The van der Waals surface area contributed by atoms with Crippen LogP contribution in [-0.4, -0.2) is 75.8 Å². The Morgan fingerprint density at radius 1 is 1.11 bits per heavy atom. The van der Waals surface area contributed by atoms with Gasteiger partial charge in [-0.3, -0.25) is 9.10 Å². The van der Waals surface area contributed by atoms with Crippen molar-refractivity contribution in [3.05, 3.63) is 64.8 Å². The Kier molecular flexibility index (Phi) is 10.8. The Morgan fingerprint density at radius 3 is 2.51 bits per heavy atom. The summed E-state index contributed by atoms with van der Waals surface area (Å²) in [6.07, 6.45) is 0.499. The fourth-order valence-corrected chi connectivity index (χ4v) is 5.45. The van der Waals surface area contributed by atoms with Crippen molar-refractivity contribution in [3.8, 4) is 5.75 Å². The number of carbonyl (C=O) groups excluding carboxylic acids is 1. The van der Waals surface area contributed by atoms with Gasteiger partial charge < -0.3 is 25.6 Å². The van der Waals surface area contributed by atoms with Gasteiger partial charge in [-0.2, -0.15) is 18.2 Å². The number of ether oxygens (including phenoxy) is 1. The second-order valence-corrected chi connectivity index (χ2v) is 12.9. The number of anilines is 4. The number of amides is 1. The van der Waals surface area contributed by atoms with Crippen molar-refractivity contribution < 1.29 is 31.1 Å².